The Morgan fingerprint density at radius 1 is 1.02 bits per heavy atom. The van der Waals surface area contributed by atoms with Gasteiger partial charge in [-0.05, 0) is 68.7 Å². The van der Waals surface area contributed by atoms with Crippen LogP contribution in [0, 0.1) is 0 Å². The Kier molecular flexibility index (Phi) is 9.52. The Hall–Kier alpha value is -4.79. The molecule has 9 nitrogen and oxygen atoms in total. The number of aromatic nitrogens is 2. The smallest absolute Gasteiger partial charge is 0.407 e. The third-order valence-corrected chi connectivity index (χ3v) is 6.42. The molecule has 4 aromatic rings. The first-order valence-electron chi connectivity index (χ1n) is 13.6. The minimum atomic E-state index is -0.615. The first kappa shape index (κ1) is 30.2. The highest BCUT2D eigenvalue weighted by atomic mass is 16.6. The molecule has 0 fully saturated rings. The number of fused-ring (bicyclic) bond motifs is 1. The summed E-state index contributed by atoms with van der Waals surface area (Å²) in [5.74, 6) is 1.35. The van der Waals surface area contributed by atoms with Crippen molar-refractivity contribution in [1.29, 1.82) is 0 Å². The quantitative estimate of drug-likeness (QED) is 0.171. The monoisotopic (exact) mass is 571 g/mol. The van der Waals surface area contributed by atoms with Gasteiger partial charge < -0.3 is 28.8 Å². The van der Waals surface area contributed by atoms with Crippen LogP contribution in [0.4, 0.5) is 4.79 Å². The van der Waals surface area contributed by atoms with E-state index in [2.05, 4.69) is 10.3 Å². The van der Waals surface area contributed by atoms with Crippen molar-refractivity contribution in [3.8, 4) is 17.2 Å². The fourth-order valence-electron chi connectivity index (χ4n) is 4.43. The minimum Gasteiger partial charge on any atom is -0.495 e. The van der Waals surface area contributed by atoms with Crippen molar-refractivity contribution in [3.05, 3.63) is 89.3 Å². The number of amides is 1. The van der Waals surface area contributed by atoms with Crippen molar-refractivity contribution in [1.82, 2.24) is 14.9 Å². The second kappa shape index (κ2) is 13.2. The van der Waals surface area contributed by atoms with Crippen LogP contribution in [0.5, 0.6) is 17.2 Å². The second-order valence-electron chi connectivity index (χ2n) is 10.8. The Morgan fingerprint density at radius 2 is 1.79 bits per heavy atom. The highest BCUT2D eigenvalue weighted by molar-refractivity contribution is 6.09. The van der Waals surface area contributed by atoms with Crippen LogP contribution in [0.3, 0.4) is 0 Å². The lowest BCUT2D eigenvalue weighted by Crippen LogP contribution is -2.33. The van der Waals surface area contributed by atoms with Crippen LogP contribution in [-0.2, 0) is 24.8 Å². The van der Waals surface area contributed by atoms with Crippen LogP contribution < -0.4 is 19.5 Å². The molecule has 0 aliphatic rings. The molecule has 2 aromatic carbocycles. The molecule has 0 saturated carbocycles. The molecule has 1 amide bonds. The molecule has 42 heavy (non-hydrogen) atoms. The number of rotatable bonds is 11. The van der Waals surface area contributed by atoms with Gasteiger partial charge in [-0.15, -0.1) is 0 Å². The summed E-state index contributed by atoms with van der Waals surface area (Å²) in [6.45, 7) is 6.00. The number of methoxy groups -OCH3 is 2. The van der Waals surface area contributed by atoms with Crippen LogP contribution in [0.1, 0.15) is 47.8 Å². The molecule has 0 bridgehead atoms. The lowest BCUT2D eigenvalue weighted by molar-refractivity contribution is 0.0528. The normalized spacial score (nSPS) is 11.5. The lowest BCUT2D eigenvalue weighted by atomic mass is 9.99. The van der Waals surface area contributed by atoms with Crippen molar-refractivity contribution in [2.75, 3.05) is 20.8 Å². The molecule has 0 radical (unpaired) electrons. The molecule has 1 N–H and O–H groups in total. The number of hydrogen-bond acceptors (Lipinski definition) is 7. The summed E-state index contributed by atoms with van der Waals surface area (Å²) >= 11 is 0. The Bertz CT molecular complexity index is 1590. The maximum atomic E-state index is 13.6. The van der Waals surface area contributed by atoms with Crippen molar-refractivity contribution in [3.63, 3.8) is 0 Å². The first-order valence-corrected chi connectivity index (χ1v) is 13.6. The van der Waals surface area contributed by atoms with Crippen LogP contribution in [0.2, 0.25) is 0 Å². The molecule has 9 heteroatoms. The first-order chi connectivity index (χ1) is 20.1. The number of nitrogens with zero attached hydrogens (tertiary/aromatic N) is 2. The number of carbonyl (C=O) groups is 2. The number of nitrogens with one attached hydrogen (secondary N) is 1. The lowest BCUT2D eigenvalue weighted by Gasteiger charge is -2.20. The molecule has 0 atom stereocenters. The number of ketones is 1. The van der Waals surface area contributed by atoms with Gasteiger partial charge in [-0.3, -0.25) is 4.79 Å². The van der Waals surface area contributed by atoms with Gasteiger partial charge in [0.05, 0.1) is 20.4 Å². The third-order valence-electron chi connectivity index (χ3n) is 6.42. The number of hydrogen-bond donors (Lipinski definition) is 1. The summed E-state index contributed by atoms with van der Waals surface area (Å²) in [6.07, 6.45) is 6.71. The summed E-state index contributed by atoms with van der Waals surface area (Å²) in [5, 5.41) is 3.63. The number of ether oxygens (including phenoxy) is 4. The van der Waals surface area contributed by atoms with E-state index < -0.39 is 11.7 Å². The van der Waals surface area contributed by atoms with E-state index in [0.717, 1.165) is 22.2 Å². The second-order valence-corrected chi connectivity index (χ2v) is 10.8. The molecular formula is C33H37N3O6. The number of alkyl carbamates (subject to hydrolysis) is 1. The summed E-state index contributed by atoms with van der Waals surface area (Å²) in [7, 11) is 5.02. The SMILES string of the molecule is COc1cnc2c(c1)c(/C=C/C(=O)c1cc(OC)c(OCc3ccccc3)cc1CCNC(=O)OC(C)(C)C)cn2C. The Labute approximate surface area is 246 Å². The summed E-state index contributed by atoms with van der Waals surface area (Å²) in [4.78, 5) is 30.3. The molecule has 220 valence electrons. The van der Waals surface area contributed by atoms with Crippen LogP contribution in [0.25, 0.3) is 17.1 Å². The molecule has 0 spiro atoms. The van der Waals surface area contributed by atoms with Gasteiger partial charge in [0.15, 0.2) is 17.3 Å². The van der Waals surface area contributed by atoms with E-state index in [1.807, 2.05) is 54.2 Å². The van der Waals surface area contributed by atoms with Gasteiger partial charge in [0.25, 0.3) is 0 Å². The molecule has 4 rings (SSSR count). The van der Waals surface area contributed by atoms with Gasteiger partial charge >= 0.3 is 6.09 Å². The highest BCUT2D eigenvalue weighted by Gasteiger charge is 2.19. The van der Waals surface area contributed by atoms with E-state index in [1.165, 1.54) is 13.2 Å². The average Bonchev–Trinajstić information content (AvgIpc) is 3.28. The number of aryl methyl sites for hydroxylation is 1. The van der Waals surface area contributed by atoms with Crippen molar-refractivity contribution in [2.24, 2.45) is 7.05 Å². The van der Waals surface area contributed by atoms with Crippen molar-refractivity contribution < 1.29 is 28.5 Å². The number of benzene rings is 2. The molecule has 0 unspecified atom stereocenters. The molecule has 2 aromatic heterocycles. The van der Waals surface area contributed by atoms with Gasteiger partial charge in [-0.1, -0.05) is 30.3 Å². The summed E-state index contributed by atoms with van der Waals surface area (Å²) in [6, 6.07) is 15.1. The van der Waals surface area contributed by atoms with Gasteiger partial charge in [-0.2, -0.15) is 0 Å². The Balaban J connectivity index is 1.63. The van der Waals surface area contributed by atoms with E-state index in [0.29, 0.717) is 41.4 Å². The van der Waals surface area contributed by atoms with E-state index in [9.17, 15) is 9.59 Å². The molecule has 0 saturated heterocycles. The maximum Gasteiger partial charge on any atom is 0.407 e. The van der Waals surface area contributed by atoms with Crippen molar-refractivity contribution in [2.45, 2.75) is 39.4 Å². The van der Waals surface area contributed by atoms with E-state index in [1.54, 1.807) is 52.3 Å². The van der Waals surface area contributed by atoms with E-state index >= 15 is 0 Å². The molecule has 2 heterocycles. The zero-order valence-electron chi connectivity index (χ0n) is 24.9. The summed E-state index contributed by atoms with van der Waals surface area (Å²) < 4.78 is 24.3. The number of carbonyl (C=O) groups excluding carboxylic acids is 2. The highest BCUT2D eigenvalue weighted by Crippen LogP contribution is 2.33. The zero-order valence-corrected chi connectivity index (χ0v) is 24.9. The predicted molar refractivity (Wildman–Crippen MR) is 162 cm³/mol. The predicted octanol–water partition coefficient (Wildman–Crippen LogP) is 6.13. The minimum absolute atomic E-state index is 0.219. The molecule has 0 aliphatic heterocycles. The largest absolute Gasteiger partial charge is 0.495 e. The fraction of sp³-hybridized carbons (Fsp3) is 0.303. The average molecular weight is 572 g/mol. The fourth-order valence-corrected chi connectivity index (χ4v) is 4.43. The number of pyridine rings is 1. The molecule has 0 aliphatic carbocycles. The topological polar surface area (TPSA) is 101 Å². The number of allylic oxidation sites excluding steroid dienone is 1. The third kappa shape index (κ3) is 7.69. The Morgan fingerprint density at radius 3 is 2.48 bits per heavy atom. The molecular weight excluding hydrogens is 534 g/mol. The van der Waals surface area contributed by atoms with Gasteiger partial charge in [-0.25, -0.2) is 9.78 Å². The van der Waals surface area contributed by atoms with Gasteiger partial charge in [0, 0.05) is 36.3 Å². The van der Waals surface area contributed by atoms with Gasteiger partial charge in [0.1, 0.15) is 23.6 Å². The van der Waals surface area contributed by atoms with E-state index in [-0.39, 0.29) is 12.3 Å². The van der Waals surface area contributed by atoms with Crippen molar-refractivity contribution >= 4 is 29.0 Å². The van der Waals surface area contributed by atoms with Crippen LogP contribution >= 0.6 is 0 Å². The van der Waals surface area contributed by atoms with Crippen LogP contribution in [-0.4, -0.2) is 47.8 Å². The van der Waals surface area contributed by atoms with Gasteiger partial charge in [0.2, 0.25) is 0 Å². The van der Waals surface area contributed by atoms with E-state index in [4.69, 9.17) is 18.9 Å². The standard InChI is InChI=1S/C33H37N3O6/c1-33(2,3)42-32(38)34-15-14-23-16-30(41-21-22-10-8-7-9-11-22)29(40-6)18-26(23)28(37)13-12-24-20-36(4)31-27(24)17-25(39-5)19-35-31/h7-13,16-20H,14-15,21H2,1-6H3,(H,34,38)/b13-12+. The van der Waals surface area contributed by atoms with Crippen LogP contribution in [0.15, 0.2) is 67.0 Å². The zero-order chi connectivity index (χ0) is 30.3. The summed E-state index contributed by atoms with van der Waals surface area (Å²) in [5.41, 5.74) is 3.13. The maximum absolute atomic E-state index is 13.6.